The molecular formula is C14H17FO2S. The van der Waals surface area contributed by atoms with Crippen LogP contribution in [0.3, 0.4) is 0 Å². The van der Waals surface area contributed by atoms with Gasteiger partial charge in [-0.05, 0) is 37.3 Å². The van der Waals surface area contributed by atoms with Crippen molar-refractivity contribution in [2.45, 2.75) is 48.2 Å². The number of hydrogen-bond donors (Lipinski definition) is 1. The second-order valence-electron chi connectivity index (χ2n) is 5.55. The summed E-state index contributed by atoms with van der Waals surface area (Å²) in [5, 5.41) is 10.9. The summed E-state index contributed by atoms with van der Waals surface area (Å²) in [6, 6.07) is 6.59. The lowest BCUT2D eigenvalue weighted by atomic mass is 9.86. The summed E-state index contributed by atoms with van der Waals surface area (Å²) in [6.07, 6.45) is 3.31. The molecule has 0 aliphatic carbocycles. The first-order valence-corrected chi connectivity index (χ1v) is 7.70. The Balaban J connectivity index is 1.81. The minimum atomic E-state index is -0.873. The van der Waals surface area contributed by atoms with Crippen LogP contribution < -0.4 is 0 Å². The van der Waals surface area contributed by atoms with Crippen LogP contribution in [0.2, 0.25) is 0 Å². The molecule has 2 heterocycles. The zero-order chi connectivity index (χ0) is 12.8. The van der Waals surface area contributed by atoms with Gasteiger partial charge in [0.1, 0.15) is 5.82 Å². The first-order valence-electron chi connectivity index (χ1n) is 6.43. The van der Waals surface area contributed by atoms with Crippen molar-refractivity contribution in [2.75, 3.05) is 0 Å². The van der Waals surface area contributed by atoms with Crippen molar-refractivity contribution in [1.82, 2.24) is 0 Å². The average molecular weight is 268 g/mol. The van der Waals surface area contributed by atoms with Crippen LogP contribution in [-0.4, -0.2) is 25.4 Å². The summed E-state index contributed by atoms with van der Waals surface area (Å²) in [6.45, 7) is 0. The quantitative estimate of drug-likeness (QED) is 0.892. The number of fused-ring (bicyclic) bond motifs is 2. The summed E-state index contributed by atoms with van der Waals surface area (Å²) in [7, 11) is -0.782. The van der Waals surface area contributed by atoms with Crippen molar-refractivity contribution in [3.05, 3.63) is 35.6 Å². The molecule has 2 fully saturated rings. The first kappa shape index (κ1) is 12.3. The summed E-state index contributed by atoms with van der Waals surface area (Å²) < 4.78 is 25.6. The Bertz CT molecular complexity index is 472. The second-order valence-corrected chi connectivity index (χ2v) is 7.54. The Morgan fingerprint density at radius 3 is 2.50 bits per heavy atom. The van der Waals surface area contributed by atoms with Gasteiger partial charge in [0.15, 0.2) is 0 Å². The van der Waals surface area contributed by atoms with Crippen LogP contribution in [0.4, 0.5) is 4.39 Å². The third-order valence-electron chi connectivity index (χ3n) is 4.16. The molecule has 2 bridgehead atoms. The SMILES string of the molecule is O=S1C2CCC1CC(O)(Cc1ccccc1F)C2. The zero-order valence-electron chi connectivity index (χ0n) is 10.1. The second kappa shape index (κ2) is 4.42. The molecule has 2 aliphatic heterocycles. The highest BCUT2D eigenvalue weighted by Gasteiger charge is 2.47. The maximum Gasteiger partial charge on any atom is 0.126 e. The van der Waals surface area contributed by atoms with Crippen molar-refractivity contribution in [2.24, 2.45) is 0 Å². The van der Waals surface area contributed by atoms with E-state index >= 15 is 0 Å². The largest absolute Gasteiger partial charge is 0.389 e. The number of benzene rings is 1. The summed E-state index contributed by atoms with van der Waals surface area (Å²) >= 11 is 0. The van der Waals surface area contributed by atoms with Crippen molar-refractivity contribution < 1.29 is 13.7 Å². The van der Waals surface area contributed by atoms with Crippen molar-refractivity contribution in [3.63, 3.8) is 0 Å². The fourth-order valence-electron chi connectivity index (χ4n) is 3.32. The molecule has 0 radical (unpaired) electrons. The Kier molecular flexibility index (Phi) is 3.02. The third-order valence-corrected chi connectivity index (χ3v) is 6.28. The molecule has 3 rings (SSSR count). The van der Waals surface area contributed by atoms with E-state index in [0.717, 1.165) is 12.8 Å². The van der Waals surface area contributed by atoms with Crippen LogP contribution in [-0.2, 0) is 17.2 Å². The summed E-state index contributed by atoms with van der Waals surface area (Å²) in [5.74, 6) is -0.259. The molecule has 0 aromatic heterocycles. The fourth-order valence-corrected chi connectivity index (χ4v) is 5.55. The van der Waals surface area contributed by atoms with Crippen LogP contribution in [0.15, 0.2) is 24.3 Å². The maximum atomic E-state index is 13.6. The maximum absolute atomic E-state index is 13.6. The Hall–Kier alpha value is -0.740. The van der Waals surface area contributed by atoms with Gasteiger partial charge in [-0.3, -0.25) is 4.21 Å². The number of aliphatic hydroxyl groups is 1. The van der Waals surface area contributed by atoms with Crippen molar-refractivity contribution in [3.8, 4) is 0 Å². The molecule has 2 atom stereocenters. The van der Waals surface area contributed by atoms with Gasteiger partial charge >= 0.3 is 0 Å². The molecule has 2 aliphatic rings. The minimum absolute atomic E-state index is 0.112. The van der Waals surface area contributed by atoms with Gasteiger partial charge in [0.25, 0.3) is 0 Å². The number of halogens is 1. The predicted octanol–water partition coefficient (Wildman–Crippen LogP) is 2.17. The van der Waals surface area contributed by atoms with Crippen LogP contribution in [0.1, 0.15) is 31.2 Å². The zero-order valence-corrected chi connectivity index (χ0v) is 11.0. The van der Waals surface area contributed by atoms with Crippen LogP contribution >= 0.6 is 0 Å². The van der Waals surface area contributed by atoms with Crippen molar-refractivity contribution >= 4 is 10.8 Å². The third kappa shape index (κ3) is 2.12. The molecule has 1 N–H and O–H groups in total. The minimum Gasteiger partial charge on any atom is -0.389 e. The highest BCUT2D eigenvalue weighted by molar-refractivity contribution is 7.86. The van der Waals surface area contributed by atoms with E-state index in [-0.39, 0.29) is 16.3 Å². The molecule has 4 heteroatoms. The van der Waals surface area contributed by atoms with E-state index in [4.69, 9.17) is 0 Å². The van der Waals surface area contributed by atoms with Gasteiger partial charge in [0.2, 0.25) is 0 Å². The normalized spacial score (nSPS) is 38.9. The molecule has 2 unspecified atom stereocenters. The highest BCUT2D eigenvalue weighted by Crippen LogP contribution is 2.42. The molecule has 2 saturated heterocycles. The summed E-state index contributed by atoms with van der Waals surface area (Å²) in [5.41, 5.74) is -0.311. The molecule has 0 spiro atoms. The first-order chi connectivity index (χ1) is 8.57. The van der Waals surface area contributed by atoms with Gasteiger partial charge < -0.3 is 5.11 Å². The predicted molar refractivity (Wildman–Crippen MR) is 69.2 cm³/mol. The number of hydrogen-bond acceptors (Lipinski definition) is 2. The van der Waals surface area contributed by atoms with Gasteiger partial charge in [-0.1, -0.05) is 18.2 Å². The lowest BCUT2D eigenvalue weighted by Crippen LogP contribution is -2.44. The molecule has 1 aromatic rings. The van der Waals surface area contributed by atoms with Gasteiger partial charge in [-0.2, -0.15) is 0 Å². The topological polar surface area (TPSA) is 37.3 Å². The van der Waals surface area contributed by atoms with E-state index in [0.29, 0.717) is 24.8 Å². The molecule has 18 heavy (non-hydrogen) atoms. The average Bonchev–Trinajstić information content (AvgIpc) is 2.57. The van der Waals surface area contributed by atoms with Gasteiger partial charge in [0, 0.05) is 27.7 Å². The van der Waals surface area contributed by atoms with Crippen LogP contribution in [0, 0.1) is 5.82 Å². The molecule has 0 saturated carbocycles. The molecular weight excluding hydrogens is 251 g/mol. The molecule has 1 aromatic carbocycles. The Labute approximate surface area is 109 Å². The Morgan fingerprint density at radius 2 is 1.89 bits per heavy atom. The van der Waals surface area contributed by atoms with E-state index in [1.54, 1.807) is 18.2 Å². The van der Waals surface area contributed by atoms with Gasteiger partial charge in [-0.25, -0.2) is 4.39 Å². The van der Waals surface area contributed by atoms with Gasteiger partial charge in [0.05, 0.1) is 5.60 Å². The van der Waals surface area contributed by atoms with Crippen molar-refractivity contribution in [1.29, 1.82) is 0 Å². The lowest BCUT2D eigenvalue weighted by molar-refractivity contribution is 0.0223. The van der Waals surface area contributed by atoms with E-state index in [1.807, 2.05) is 0 Å². The monoisotopic (exact) mass is 268 g/mol. The number of rotatable bonds is 2. The summed E-state index contributed by atoms with van der Waals surface area (Å²) in [4.78, 5) is 0. The lowest BCUT2D eigenvalue weighted by Gasteiger charge is -2.36. The van der Waals surface area contributed by atoms with Crippen LogP contribution in [0.25, 0.3) is 0 Å². The van der Waals surface area contributed by atoms with E-state index < -0.39 is 16.4 Å². The molecule has 0 amide bonds. The fraction of sp³-hybridized carbons (Fsp3) is 0.571. The van der Waals surface area contributed by atoms with E-state index in [1.165, 1.54) is 6.07 Å². The van der Waals surface area contributed by atoms with E-state index in [9.17, 15) is 13.7 Å². The molecule has 98 valence electrons. The van der Waals surface area contributed by atoms with Crippen LogP contribution in [0.5, 0.6) is 0 Å². The highest BCUT2D eigenvalue weighted by atomic mass is 32.2. The standard InChI is InChI=1S/C14H17FO2S/c15-13-4-2-1-3-10(13)7-14(16)8-11-5-6-12(9-14)18(11)17/h1-4,11-12,16H,5-9H2. The smallest absolute Gasteiger partial charge is 0.126 e. The Morgan fingerprint density at radius 1 is 1.28 bits per heavy atom. The van der Waals surface area contributed by atoms with E-state index in [2.05, 4.69) is 0 Å². The molecule has 2 nitrogen and oxygen atoms in total. The van der Waals surface area contributed by atoms with Gasteiger partial charge in [-0.15, -0.1) is 0 Å².